The Morgan fingerprint density at radius 1 is 1.25 bits per heavy atom. The van der Waals surface area contributed by atoms with Crippen molar-refractivity contribution in [1.82, 2.24) is 4.98 Å². The van der Waals surface area contributed by atoms with Gasteiger partial charge in [-0.25, -0.2) is 4.98 Å². The summed E-state index contributed by atoms with van der Waals surface area (Å²) in [5, 5.41) is 9.89. The summed E-state index contributed by atoms with van der Waals surface area (Å²) in [5.74, 6) is 0.876. The van der Waals surface area contributed by atoms with Crippen LogP contribution in [-0.2, 0) is 13.0 Å². The van der Waals surface area contributed by atoms with Gasteiger partial charge in [0.15, 0.2) is 0 Å². The third-order valence-corrected chi connectivity index (χ3v) is 3.13. The normalized spacial score (nSPS) is 10.3. The van der Waals surface area contributed by atoms with Crippen molar-refractivity contribution >= 4 is 11.3 Å². The molecule has 0 bridgehead atoms. The lowest BCUT2D eigenvalue weighted by atomic mass is 10.3. The number of aromatic nitrogens is 1. The van der Waals surface area contributed by atoms with E-state index in [9.17, 15) is 0 Å². The maximum absolute atomic E-state index is 8.89. The zero-order chi connectivity index (χ0) is 11.2. The van der Waals surface area contributed by atoms with Gasteiger partial charge in [-0.05, 0) is 12.1 Å². The first-order valence-electron chi connectivity index (χ1n) is 5.11. The van der Waals surface area contributed by atoms with Crippen LogP contribution in [0.25, 0.3) is 0 Å². The molecule has 0 unspecified atom stereocenters. The molecule has 1 aromatic heterocycles. The first-order chi connectivity index (χ1) is 7.88. The minimum Gasteiger partial charge on any atom is -0.493 e. The van der Waals surface area contributed by atoms with Gasteiger partial charge >= 0.3 is 0 Å². The van der Waals surface area contributed by atoms with E-state index in [0.717, 1.165) is 22.1 Å². The van der Waals surface area contributed by atoms with Crippen LogP contribution in [0.2, 0.25) is 0 Å². The Morgan fingerprint density at radius 2 is 2.06 bits per heavy atom. The fourth-order valence-electron chi connectivity index (χ4n) is 1.31. The number of para-hydroxylation sites is 1. The molecule has 0 saturated carbocycles. The van der Waals surface area contributed by atoms with Crippen LogP contribution in [0.4, 0.5) is 0 Å². The first-order valence-corrected chi connectivity index (χ1v) is 5.92. The van der Waals surface area contributed by atoms with Gasteiger partial charge in [0.2, 0.25) is 0 Å². The van der Waals surface area contributed by atoms with Gasteiger partial charge in [0.25, 0.3) is 0 Å². The van der Waals surface area contributed by atoms with Gasteiger partial charge in [-0.3, -0.25) is 0 Å². The third-order valence-electron chi connectivity index (χ3n) is 2.09. The molecule has 0 fully saturated rings. The monoisotopic (exact) mass is 235 g/mol. The van der Waals surface area contributed by atoms with E-state index in [1.54, 1.807) is 6.20 Å². The smallest absolute Gasteiger partial charge is 0.119 e. The SMILES string of the molecule is OCc1cnc(CCOc2ccccc2)s1. The molecular weight excluding hydrogens is 222 g/mol. The van der Waals surface area contributed by atoms with Crippen LogP contribution in [0.1, 0.15) is 9.88 Å². The molecule has 0 spiro atoms. The summed E-state index contributed by atoms with van der Waals surface area (Å²) in [4.78, 5) is 5.09. The number of hydrogen-bond acceptors (Lipinski definition) is 4. The molecule has 0 atom stereocenters. The number of thiazole rings is 1. The van der Waals surface area contributed by atoms with Gasteiger partial charge in [-0.15, -0.1) is 11.3 Å². The fourth-order valence-corrected chi connectivity index (χ4v) is 2.07. The van der Waals surface area contributed by atoms with Gasteiger partial charge in [0.1, 0.15) is 5.75 Å². The molecule has 16 heavy (non-hydrogen) atoms. The van der Waals surface area contributed by atoms with Gasteiger partial charge < -0.3 is 9.84 Å². The molecule has 0 amide bonds. The van der Waals surface area contributed by atoms with Crippen LogP contribution >= 0.6 is 11.3 Å². The molecule has 2 aromatic rings. The highest BCUT2D eigenvalue weighted by atomic mass is 32.1. The Morgan fingerprint density at radius 3 is 2.75 bits per heavy atom. The Hall–Kier alpha value is -1.39. The van der Waals surface area contributed by atoms with Crippen LogP contribution < -0.4 is 4.74 Å². The van der Waals surface area contributed by atoms with Crippen molar-refractivity contribution in [3.05, 3.63) is 46.4 Å². The zero-order valence-corrected chi connectivity index (χ0v) is 9.61. The summed E-state index contributed by atoms with van der Waals surface area (Å²) in [6, 6.07) is 9.72. The molecule has 0 aliphatic heterocycles. The molecule has 0 aliphatic rings. The second kappa shape index (κ2) is 5.63. The largest absolute Gasteiger partial charge is 0.493 e. The molecular formula is C12H13NO2S. The van der Waals surface area contributed by atoms with Crippen molar-refractivity contribution in [2.75, 3.05) is 6.61 Å². The summed E-state index contributed by atoms with van der Waals surface area (Å²) >= 11 is 1.53. The summed E-state index contributed by atoms with van der Waals surface area (Å²) in [6.07, 6.45) is 2.49. The van der Waals surface area contributed by atoms with E-state index in [1.165, 1.54) is 11.3 Å². The molecule has 3 nitrogen and oxygen atoms in total. The quantitative estimate of drug-likeness (QED) is 0.864. The maximum Gasteiger partial charge on any atom is 0.119 e. The van der Waals surface area contributed by atoms with Crippen LogP contribution in [-0.4, -0.2) is 16.7 Å². The average Bonchev–Trinajstić information content (AvgIpc) is 2.78. The Labute approximate surface area is 98.4 Å². The van der Waals surface area contributed by atoms with E-state index in [1.807, 2.05) is 30.3 Å². The number of ether oxygens (including phenoxy) is 1. The summed E-state index contributed by atoms with van der Waals surface area (Å²) in [5.41, 5.74) is 0. The number of benzene rings is 1. The molecule has 0 radical (unpaired) electrons. The molecule has 84 valence electrons. The summed E-state index contributed by atoms with van der Waals surface area (Å²) in [6.45, 7) is 0.680. The molecule has 0 saturated heterocycles. The highest BCUT2D eigenvalue weighted by molar-refractivity contribution is 7.11. The van der Waals surface area contributed by atoms with Crippen LogP contribution in [0.3, 0.4) is 0 Å². The summed E-state index contributed by atoms with van der Waals surface area (Å²) in [7, 11) is 0. The van der Waals surface area contributed by atoms with Crippen LogP contribution in [0.15, 0.2) is 36.5 Å². The third kappa shape index (κ3) is 3.05. The van der Waals surface area contributed by atoms with E-state index in [-0.39, 0.29) is 6.61 Å². The van der Waals surface area contributed by atoms with Crippen molar-refractivity contribution in [2.45, 2.75) is 13.0 Å². The number of aliphatic hydroxyl groups excluding tert-OH is 1. The molecule has 0 aliphatic carbocycles. The van der Waals surface area contributed by atoms with E-state index >= 15 is 0 Å². The number of hydrogen-bond donors (Lipinski definition) is 1. The van der Waals surface area contributed by atoms with Gasteiger partial charge in [-0.2, -0.15) is 0 Å². The number of rotatable bonds is 5. The second-order valence-electron chi connectivity index (χ2n) is 3.29. The Bertz CT molecular complexity index is 428. The second-order valence-corrected chi connectivity index (χ2v) is 4.49. The average molecular weight is 235 g/mol. The van der Waals surface area contributed by atoms with Crippen molar-refractivity contribution in [3.63, 3.8) is 0 Å². The van der Waals surface area contributed by atoms with Crippen molar-refractivity contribution in [3.8, 4) is 5.75 Å². The molecule has 1 N–H and O–H groups in total. The van der Waals surface area contributed by atoms with Gasteiger partial charge in [0, 0.05) is 12.6 Å². The van der Waals surface area contributed by atoms with Gasteiger partial charge in [0.05, 0.1) is 23.1 Å². The summed E-state index contributed by atoms with van der Waals surface area (Å²) < 4.78 is 5.56. The Kier molecular flexibility index (Phi) is 3.91. The van der Waals surface area contributed by atoms with Crippen molar-refractivity contribution in [2.24, 2.45) is 0 Å². The van der Waals surface area contributed by atoms with E-state index in [0.29, 0.717) is 6.61 Å². The minimum atomic E-state index is 0.0667. The molecule has 4 heteroatoms. The fraction of sp³-hybridized carbons (Fsp3) is 0.250. The molecule has 1 aromatic carbocycles. The maximum atomic E-state index is 8.89. The predicted molar refractivity (Wildman–Crippen MR) is 63.7 cm³/mol. The zero-order valence-electron chi connectivity index (χ0n) is 8.80. The first kappa shape index (κ1) is 11.1. The van der Waals surface area contributed by atoms with E-state index < -0.39 is 0 Å². The van der Waals surface area contributed by atoms with Crippen LogP contribution in [0, 0.1) is 0 Å². The molecule has 1 heterocycles. The van der Waals surface area contributed by atoms with Crippen molar-refractivity contribution in [1.29, 1.82) is 0 Å². The lowest BCUT2D eigenvalue weighted by molar-refractivity contribution is 0.285. The topological polar surface area (TPSA) is 42.4 Å². The number of aliphatic hydroxyl groups is 1. The van der Waals surface area contributed by atoms with E-state index in [2.05, 4.69) is 4.98 Å². The minimum absolute atomic E-state index is 0.0667. The number of nitrogens with zero attached hydrogens (tertiary/aromatic N) is 1. The van der Waals surface area contributed by atoms with Crippen LogP contribution in [0.5, 0.6) is 5.75 Å². The lowest BCUT2D eigenvalue weighted by Gasteiger charge is -2.03. The lowest BCUT2D eigenvalue weighted by Crippen LogP contribution is -2.00. The Balaban J connectivity index is 1.80. The predicted octanol–water partition coefficient (Wildman–Crippen LogP) is 2.26. The molecule has 2 rings (SSSR count). The standard InChI is InChI=1S/C12H13NO2S/c14-9-11-8-13-12(16-11)6-7-15-10-4-2-1-3-5-10/h1-5,8,14H,6-7,9H2. The highest BCUT2D eigenvalue weighted by Gasteiger charge is 2.01. The van der Waals surface area contributed by atoms with E-state index in [4.69, 9.17) is 9.84 Å². The van der Waals surface area contributed by atoms with Gasteiger partial charge in [-0.1, -0.05) is 18.2 Å². The van der Waals surface area contributed by atoms with Crippen molar-refractivity contribution < 1.29 is 9.84 Å². The highest BCUT2D eigenvalue weighted by Crippen LogP contribution is 2.14.